The van der Waals surface area contributed by atoms with Gasteiger partial charge < -0.3 is 5.11 Å². The van der Waals surface area contributed by atoms with Gasteiger partial charge in [0.1, 0.15) is 0 Å². The SMILES string of the molecule is O=C(O)c1nc(Cn2c(=O)cnc3ccccc32)cs1. The molecule has 1 aromatic carbocycles. The first-order valence-electron chi connectivity index (χ1n) is 5.77. The van der Waals surface area contributed by atoms with Gasteiger partial charge >= 0.3 is 5.97 Å². The summed E-state index contributed by atoms with van der Waals surface area (Å²) in [6.45, 7) is 0.228. The molecule has 3 rings (SSSR count). The predicted octanol–water partition coefficient (Wildman–Crippen LogP) is 1.60. The maximum atomic E-state index is 11.9. The Morgan fingerprint density at radius 1 is 1.35 bits per heavy atom. The van der Waals surface area contributed by atoms with Gasteiger partial charge in [0, 0.05) is 5.38 Å². The number of carboxylic acid groups (broad SMARTS) is 1. The zero-order chi connectivity index (χ0) is 14.1. The van der Waals surface area contributed by atoms with Crippen molar-refractivity contribution in [3.63, 3.8) is 0 Å². The van der Waals surface area contributed by atoms with Crippen LogP contribution in [0.4, 0.5) is 0 Å². The molecule has 0 amide bonds. The largest absolute Gasteiger partial charge is 0.476 e. The molecule has 0 radical (unpaired) electrons. The summed E-state index contributed by atoms with van der Waals surface area (Å²) < 4.78 is 1.53. The van der Waals surface area contributed by atoms with Crippen LogP contribution in [0.25, 0.3) is 11.0 Å². The molecule has 0 atom stereocenters. The number of para-hydroxylation sites is 2. The van der Waals surface area contributed by atoms with Crippen molar-refractivity contribution >= 4 is 28.3 Å². The van der Waals surface area contributed by atoms with Crippen LogP contribution in [-0.2, 0) is 6.54 Å². The first-order chi connectivity index (χ1) is 9.65. The maximum Gasteiger partial charge on any atom is 0.365 e. The van der Waals surface area contributed by atoms with Gasteiger partial charge in [-0.3, -0.25) is 9.36 Å². The third-order valence-electron chi connectivity index (χ3n) is 2.81. The summed E-state index contributed by atoms with van der Waals surface area (Å²) in [5.41, 5.74) is 1.71. The molecule has 0 saturated carbocycles. The number of thiazole rings is 1. The highest BCUT2D eigenvalue weighted by atomic mass is 32.1. The van der Waals surface area contributed by atoms with E-state index in [9.17, 15) is 9.59 Å². The maximum absolute atomic E-state index is 11.9. The standard InChI is InChI=1S/C13H9N3O3S/c17-11-5-14-9-3-1-2-4-10(9)16(11)6-8-7-20-12(15-8)13(18)19/h1-5,7H,6H2,(H,18,19). The normalized spacial score (nSPS) is 10.8. The number of nitrogens with zero attached hydrogens (tertiary/aromatic N) is 3. The van der Waals surface area contributed by atoms with E-state index in [0.29, 0.717) is 16.7 Å². The van der Waals surface area contributed by atoms with Gasteiger partial charge in [-0.05, 0) is 12.1 Å². The summed E-state index contributed by atoms with van der Waals surface area (Å²) in [5.74, 6) is -1.06. The van der Waals surface area contributed by atoms with E-state index >= 15 is 0 Å². The van der Waals surface area contributed by atoms with Crippen molar-refractivity contribution in [2.45, 2.75) is 6.54 Å². The number of carbonyl (C=O) groups is 1. The molecular weight excluding hydrogens is 278 g/mol. The summed E-state index contributed by atoms with van der Waals surface area (Å²) >= 11 is 1.05. The predicted molar refractivity (Wildman–Crippen MR) is 74.2 cm³/mol. The quantitative estimate of drug-likeness (QED) is 0.791. The summed E-state index contributed by atoms with van der Waals surface area (Å²) in [6, 6.07) is 7.28. The van der Waals surface area contributed by atoms with E-state index in [1.165, 1.54) is 10.8 Å². The van der Waals surface area contributed by atoms with Gasteiger partial charge in [-0.15, -0.1) is 11.3 Å². The van der Waals surface area contributed by atoms with Gasteiger partial charge in [0.2, 0.25) is 5.01 Å². The second-order valence-corrected chi connectivity index (χ2v) is 4.98. The molecule has 6 nitrogen and oxygen atoms in total. The number of hydrogen-bond donors (Lipinski definition) is 1. The van der Waals surface area contributed by atoms with Crippen LogP contribution in [0.2, 0.25) is 0 Å². The highest BCUT2D eigenvalue weighted by molar-refractivity contribution is 7.11. The molecule has 0 aliphatic carbocycles. The van der Waals surface area contributed by atoms with Crippen molar-refractivity contribution in [3.8, 4) is 0 Å². The molecular formula is C13H9N3O3S. The Labute approximate surface area is 117 Å². The average Bonchev–Trinajstić information content (AvgIpc) is 2.91. The fourth-order valence-electron chi connectivity index (χ4n) is 1.92. The Bertz CT molecular complexity index is 853. The minimum absolute atomic E-state index is 0.0198. The lowest BCUT2D eigenvalue weighted by atomic mass is 10.3. The number of carboxylic acids is 1. The number of aromatic carboxylic acids is 1. The van der Waals surface area contributed by atoms with Crippen LogP contribution in [0.15, 0.2) is 40.6 Å². The minimum atomic E-state index is -1.06. The molecule has 20 heavy (non-hydrogen) atoms. The third-order valence-corrected chi connectivity index (χ3v) is 3.69. The number of benzene rings is 1. The fraction of sp³-hybridized carbons (Fsp3) is 0.0769. The monoisotopic (exact) mass is 287 g/mol. The zero-order valence-electron chi connectivity index (χ0n) is 10.2. The molecule has 0 spiro atoms. The van der Waals surface area contributed by atoms with E-state index in [0.717, 1.165) is 11.3 Å². The molecule has 100 valence electrons. The number of fused-ring (bicyclic) bond motifs is 1. The smallest absolute Gasteiger partial charge is 0.365 e. The third kappa shape index (κ3) is 2.19. The van der Waals surface area contributed by atoms with E-state index in [-0.39, 0.29) is 17.1 Å². The molecule has 7 heteroatoms. The van der Waals surface area contributed by atoms with Gasteiger partial charge in [-0.2, -0.15) is 0 Å². The van der Waals surface area contributed by atoms with E-state index in [1.807, 2.05) is 18.2 Å². The van der Waals surface area contributed by atoms with Gasteiger partial charge in [0.05, 0.1) is 29.5 Å². The summed E-state index contributed by atoms with van der Waals surface area (Å²) in [4.78, 5) is 30.8. The highest BCUT2D eigenvalue weighted by Crippen LogP contribution is 2.13. The van der Waals surface area contributed by atoms with Crippen LogP contribution in [-0.4, -0.2) is 25.6 Å². The molecule has 2 aromatic heterocycles. The summed E-state index contributed by atoms with van der Waals surface area (Å²) in [6.07, 6.45) is 1.26. The fourth-order valence-corrected chi connectivity index (χ4v) is 2.56. The van der Waals surface area contributed by atoms with E-state index in [1.54, 1.807) is 11.4 Å². The van der Waals surface area contributed by atoms with Crippen molar-refractivity contribution in [3.05, 3.63) is 56.9 Å². The molecule has 0 aliphatic rings. The molecule has 3 aromatic rings. The van der Waals surface area contributed by atoms with Crippen LogP contribution in [0.3, 0.4) is 0 Å². The summed E-state index contributed by atoms with van der Waals surface area (Å²) in [5, 5.41) is 10.5. The van der Waals surface area contributed by atoms with Crippen molar-refractivity contribution in [1.82, 2.24) is 14.5 Å². The Hall–Kier alpha value is -2.54. The highest BCUT2D eigenvalue weighted by Gasteiger charge is 2.11. The van der Waals surface area contributed by atoms with E-state index in [2.05, 4.69) is 9.97 Å². The van der Waals surface area contributed by atoms with Gasteiger partial charge in [-0.1, -0.05) is 12.1 Å². The Morgan fingerprint density at radius 2 is 2.15 bits per heavy atom. The molecule has 0 fully saturated rings. The van der Waals surface area contributed by atoms with Crippen molar-refractivity contribution < 1.29 is 9.90 Å². The van der Waals surface area contributed by atoms with Crippen LogP contribution >= 0.6 is 11.3 Å². The number of rotatable bonds is 3. The molecule has 0 saturated heterocycles. The lowest BCUT2D eigenvalue weighted by Crippen LogP contribution is -2.21. The lowest BCUT2D eigenvalue weighted by Gasteiger charge is -2.07. The van der Waals surface area contributed by atoms with Gasteiger partial charge in [0.15, 0.2) is 0 Å². The molecule has 1 N–H and O–H groups in total. The second-order valence-electron chi connectivity index (χ2n) is 4.12. The average molecular weight is 287 g/mol. The van der Waals surface area contributed by atoms with Crippen LogP contribution in [0.1, 0.15) is 15.5 Å². The van der Waals surface area contributed by atoms with E-state index in [4.69, 9.17) is 5.11 Å². The first-order valence-corrected chi connectivity index (χ1v) is 6.65. The molecule has 0 unspecified atom stereocenters. The number of hydrogen-bond acceptors (Lipinski definition) is 5. The Morgan fingerprint density at radius 3 is 2.90 bits per heavy atom. The van der Waals surface area contributed by atoms with Crippen molar-refractivity contribution in [2.24, 2.45) is 0 Å². The molecule has 2 heterocycles. The second kappa shape index (κ2) is 4.86. The van der Waals surface area contributed by atoms with Crippen LogP contribution in [0, 0.1) is 0 Å². The van der Waals surface area contributed by atoms with Crippen molar-refractivity contribution in [2.75, 3.05) is 0 Å². The molecule has 0 bridgehead atoms. The lowest BCUT2D eigenvalue weighted by molar-refractivity contribution is 0.0696. The van der Waals surface area contributed by atoms with Gasteiger partial charge in [0.25, 0.3) is 5.56 Å². The van der Waals surface area contributed by atoms with Crippen LogP contribution < -0.4 is 5.56 Å². The Kier molecular flexibility index (Phi) is 3.03. The van der Waals surface area contributed by atoms with E-state index < -0.39 is 5.97 Å². The Balaban J connectivity index is 2.07. The number of aromatic nitrogens is 3. The van der Waals surface area contributed by atoms with Crippen molar-refractivity contribution in [1.29, 1.82) is 0 Å². The molecule has 0 aliphatic heterocycles. The summed E-state index contributed by atoms with van der Waals surface area (Å²) in [7, 11) is 0. The minimum Gasteiger partial charge on any atom is -0.476 e. The van der Waals surface area contributed by atoms with Crippen LogP contribution in [0.5, 0.6) is 0 Å². The zero-order valence-corrected chi connectivity index (χ0v) is 11.0. The first kappa shape index (κ1) is 12.5. The topological polar surface area (TPSA) is 85.1 Å². The van der Waals surface area contributed by atoms with Gasteiger partial charge in [-0.25, -0.2) is 14.8 Å².